The van der Waals surface area contributed by atoms with Crippen LogP contribution in [0.4, 0.5) is 14.5 Å². The molecular formula is C18H16F2N2O5S. The summed E-state index contributed by atoms with van der Waals surface area (Å²) in [6.07, 6.45) is 0.811. The predicted molar refractivity (Wildman–Crippen MR) is 96.0 cm³/mol. The van der Waals surface area contributed by atoms with Gasteiger partial charge in [0.05, 0.1) is 18.8 Å². The van der Waals surface area contributed by atoms with E-state index in [-0.39, 0.29) is 11.3 Å². The van der Waals surface area contributed by atoms with Gasteiger partial charge in [-0.25, -0.2) is 17.2 Å². The Bertz CT molecular complexity index is 1010. The molecule has 1 heterocycles. The van der Waals surface area contributed by atoms with Crippen LogP contribution in [-0.4, -0.2) is 48.5 Å². The summed E-state index contributed by atoms with van der Waals surface area (Å²) in [7, 11) is -4.04. The minimum atomic E-state index is -4.04. The van der Waals surface area contributed by atoms with E-state index in [1.165, 1.54) is 24.3 Å². The Hall–Kier alpha value is -2.85. The first-order valence-corrected chi connectivity index (χ1v) is 9.97. The first kappa shape index (κ1) is 19.9. The fraction of sp³-hybridized carbons (Fsp3) is 0.222. The van der Waals surface area contributed by atoms with Gasteiger partial charge in [0.25, 0.3) is 0 Å². The summed E-state index contributed by atoms with van der Waals surface area (Å²) < 4.78 is 51.6. The van der Waals surface area contributed by atoms with E-state index in [0.717, 1.165) is 35.4 Å². The molecule has 1 fully saturated rings. The SMILES string of the molecule is CS(=O)(=O)N1CC(=O)N(c2ccc(F)cc2)[C@H](c2ccc(F)cc2)[C@H]1C(=O)O. The lowest BCUT2D eigenvalue weighted by atomic mass is 9.94. The van der Waals surface area contributed by atoms with Crippen LogP contribution in [0.1, 0.15) is 11.6 Å². The second-order valence-electron chi connectivity index (χ2n) is 6.33. The smallest absolute Gasteiger partial charge is 0.324 e. The van der Waals surface area contributed by atoms with Crippen LogP contribution in [0, 0.1) is 11.6 Å². The number of anilines is 1. The zero-order valence-electron chi connectivity index (χ0n) is 14.6. The van der Waals surface area contributed by atoms with Crippen LogP contribution in [0.2, 0.25) is 0 Å². The number of carbonyl (C=O) groups is 2. The van der Waals surface area contributed by atoms with Crippen molar-refractivity contribution in [3.8, 4) is 0 Å². The van der Waals surface area contributed by atoms with Gasteiger partial charge in [0.2, 0.25) is 15.9 Å². The molecule has 28 heavy (non-hydrogen) atoms. The minimum Gasteiger partial charge on any atom is -0.480 e. The summed E-state index contributed by atoms with van der Waals surface area (Å²) in [6, 6.07) is 6.59. The van der Waals surface area contributed by atoms with Crippen molar-refractivity contribution in [2.24, 2.45) is 0 Å². The lowest BCUT2D eigenvalue weighted by Gasteiger charge is -2.44. The average molecular weight is 410 g/mol. The number of hydrogen-bond acceptors (Lipinski definition) is 4. The Kier molecular flexibility index (Phi) is 5.18. The molecule has 148 valence electrons. The lowest BCUT2D eigenvalue weighted by molar-refractivity contribution is -0.144. The summed E-state index contributed by atoms with van der Waals surface area (Å²) >= 11 is 0. The second kappa shape index (κ2) is 7.28. The molecule has 0 unspecified atom stereocenters. The highest BCUT2D eigenvalue weighted by Gasteiger charge is 2.49. The number of sulfonamides is 1. The molecule has 1 amide bonds. The van der Waals surface area contributed by atoms with Gasteiger partial charge in [-0.2, -0.15) is 4.31 Å². The topological polar surface area (TPSA) is 95.0 Å². The maximum Gasteiger partial charge on any atom is 0.324 e. The van der Waals surface area contributed by atoms with Crippen molar-refractivity contribution in [2.75, 3.05) is 17.7 Å². The van der Waals surface area contributed by atoms with Crippen LogP contribution in [0.15, 0.2) is 48.5 Å². The first-order chi connectivity index (χ1) is 13.1. The molecule has 10 heteroatoms. The Morgan fingerprint density at radius 1 is 1.04 bits per heavy atom. The third-order valence-electron chi connectivity index (χ3n) is 4.44. The number of halogens is 2. The van der Waals surface area contributed by atoms with Gasteiger partial charge in [-0.15, -0.1) is 0 Å². The molecule has 0 aliphatic carbocycles. The Labute approximate surface area is 159 Å². The van der Waals surface area contributed by atoms with E-state index in [0.29, 0.717) is 4.31 Å². The van der Waals surface area contributed by atoms with Crippen LogP contribution >= 0.6 is 0 Å². The number of nitrogens with zero attached hydrogens (tertiary/aromatic N) is 2. The van der Waals surface area contributed by atoms with Crippen LogP contribution < -0.4 is 4.90 Å². The van der Waals surface area contributed by atoms with Crippen LogP contribution in [0.3, 0.4) is 0 Å². The average Bonchev–Trinajstić information content (AvgIpc) is 2.61. The molecule has 2 aromatic carbocycles. The summed E-state index contributed by atoms with van der Waals surface area (Å²) in [6.45, 7) is -0.690. The van der Waals surface area contributed by atoms with Crippen molar-refractivity contribution in [1.29, 1.82) is 0 Å². The molecule has 0 spiro atoms. The summed E-state index contributed by atoms with van der Waals surface area (Å²) in [5.41, 5.74) is 0.417. The number of carboxylic acids is 1. The van der Waals surface area contributed by atoms with Crippen LogP contribution in [0.5, 0.6) is 0 Å². The Balaban J connectivity index is 2.22. The summed E-state index contributed by atoms with van der Waals surface area (Å²) in [5, 5.41) is 9.78. The van der Waals surface area contributed by atoms with Crippen LogP contribution in [0.25, 0.3) is 0 Å². The van der Waals surface area contributed by atoms with Gasteiger partial charge >= 0.3 is 5.97 Å². The standard InChI is InChI=1S/C18H16F2N2O5S/c1-28(26,27)21-10-15(23)22(14-8-6-13(20)7-9-14)16(17(21)18(24)25)11-2-4-12(19)5-3-11/h2-9,16-17H,10H2,1H3,(H,24,25)/t16-,17+/m1/s1. The van der Waals surface area contributed by atoms with Crippen molar-refractivity contribution >= 4 is 27.6 Å². The van der Waals surface area contributed by atoms with Gasteiger partial charge in [0.15, 0.2) is 0 Å². The number of piperazine rings is 1. The van der Waals surface area contributed by atoms with Gasteiger partial charge in [0, 0.05) is 5.69 Å². The van der Waals surface area contributed by atoms with Gasteiger partial charge < -0.3 is 10.0 Å². The van der Waals surface area contributed by atoms with Gasteiger partial charge in [0.1, 0.15) is 17.7 Å². The largest absolute Gasteiger partial charge is 0.480 e. The monoisotopic (exact) mass is 410 g/mol. The molecule has 2 aromatic rings. The number of carboxylic acid groups (broad SMARTS) is 1. The maximum absolute atomic E-state index is 13.4. The third kappa shape index (κ3) is 3.73. The van der Waals surface area contributed by atoms with E-state index >= 15 is 0 Å². The molecule has 1 aliphatic heterocycles. The van der Waals surface area contributed by atoms with E-state index in [1.807, 2.05) is 0 Å². The van der Waals surface area contributed by atoms with Crippen LogP contribution in [-0.2, 0) is 19.6 Å². The number of carbonyl (C=O) groups excluding carboxylic acids is 1. The van der Waals surface area contributed by atoms with Gasteiger partial charge in [-0.05, 0) is 42.0 Å². The lowest BCUT2D eigenvalue weighted by Crippen LogP contribution is -2.62. The quantitative estimate of drug-likeness (QED) is 0.829. The molecule has 0 saturated carbocycles. The normalized spacial score (nSPS) is 21.0. The molecule has 0 bridgehead atoms. The minimum absolute atomic E-state index is 0.195. The van der Waals surface area contributed by atoms with Crippen molar-refractivity contribution in [1.82, 2.24) is 4.31 Å². The number of amides is 1. The molecule has 3 rings (SSSR count). The second-order valence-corrected chi connectivity index (χ2v) is 8.26. The maximum atomic E-state index is 13.4. The highest BCUT2D eigenvalue weighted by molar-refractivity contribution is 7.88. The van der Waals surface area contributed by atoms with Gasteiger partial charge in [-0.1, -0.05) is 12.1 Å². The van der Waals surface area contributed by atoms with Gasteiger partial charge in [-0.3, -0.25) is 9.59 Å². The molecular weight excluding hydrogens is 394 g/mol. The summed E-state index contributed by atoms with van der Waals surface area (Å²) in [4.78, 5) is 25.9. The van der Waals surface area contributed by atoms with E-state index in [9.17, 15) is 31.9 Å². The molecule has 7 nitrogen and oxygen atoms in total. The first-order valence-electron chi connectivity index (χ1n) is 8.12. The molecule has 1 aliphatic rings. The predicted octanol–water partition coefficient (Wildman–Crippen LogP) is 1.77. The molecule has 1 saturated heterocycles. The number of aliphatic carboxylic acids is 1. The summed E-state index contributed by atoms with van der Waals surface area (Å²) in [5.74, 6) is -3.30. The fourth-order valence-corrected chi connectivity index (χ4v) is 4.20. The van der Waals surface area contributed by atoms with E-state index < -0.39 is 52.2 Å². The highest BCUT2D eigenvalue weighted by atomic mass is 32.2. The third-order valence-corrected chi connectivity index (χ3v) is 5.65. The number of hydrogen-bond donors (Lipinski definition) is 1. The van der Waals surface area contributed by atoms with Crippen molar-refractivity contribution in [3.63, 3.8) is 0 Å². The Morgan fingerprint density at radius 2 is 1.54 bits per heavy atom. The van der Waals surface area contributed by atoms with E-state index in [4.69, 9.17) is 0 Å². The molecule has 2 atom stereocenters. The molecule has 0 radical (unpaired) electrons. The number of benzene rings is 2. The number of rotatable bonds is 4. The fourth-order valence-electron chi connectivity index (χ4n) is 3.24. The zero-order chi connectivity index (χ0) is 20.6. The van der Waals surface area contributed by atoms with E-state index in [2.05, 4.69) is 0 Å². The van der Waals surface area contributed by atoms with E-state index in [1.54, 1.807) is 0 Å². The molecule has 1 N–H and O–H groups in total. The molecule has 0 aromatic heterocycles. The van der Waals surface area contributed by atoms with Crippen molar-refractivity contribution in [3.05, 3.63) is 65.7 Å². The zero-order valence-corrected chi connectivity index (χ0v) is 15.4. The van der Waals surface area contributed by atoms with Crippen molar-refractivity contribution < 1.29 is 31.9 Å². The Morgan fingerprint density at radius 3 is 2.00 bits per heavy atom. The van der Waals surface area contributed by atoms with Crippen molar-refractivity contribution in [2.45, 2.75) is 12.1 Å². The highest BCUT2D eigenvalue weighted by Crippen LogP contribution is 2.37.